The molecule has 0 saturated carbocycles. The van der Waals surface area contributed by atoms with E-state index in [4.69, 9.17) is 12.2 Å². The summed E-state index contributed by atoms with van der Waals surface area (Å²) in [5, 5.41) is 6.26. The summed E-state index contributed by atoms with van der Waals surface area (Å²) in [4.78, 5) is 40.6. The minimum absolute atomic E-state index is 0.111. The molecule has 0 radical (unpaired) electrons. The van der Waals surface area contributed by atoms with Crippen LogP contribution in [0.3, 0.4) is 0 Å². The van der Waals surface area contributed by atoms with Crippen LogP contribution >= 0.6 is 12.2 Å². The highest BCUT2D eigenvalue weighted by Crippen LogP contribution is 2.13. The van der Waals surface area contributed by atoms with Crippen LogP contribution in [-0.2, 0) is 17.9 Å². The Morgan fingerprint density at radius 2 is 1.76 bits per heavy atom. The molecule has 0 bridgehead atoms. The number of nitrogens with zero attached hydrogens (tertiary/aromatic N) is 1. The van der Waals surface area contributed by atoms with Gasteiger partial charge in [-0.05, 0) is 61.1 Å². The van der Waals surface area contributed by atoms with Crippen LogP contribution in [0.5, 0.6) is 0 Å². The number of aromatic amines is 1. The first-order valence-corrected chi connectivity index (χ1v) is 11.3. The van der Waals surface area contributed by atoms with Crippen molar-refractivity contribution < 1.29 is 9.59 Å². The third-order valence-corrected chi connectivity index (χ3v) is 5.76. The topological polar surface area (TPSA) is 96.0 Å². The van der Waals surface area contributed by atoms with Crippen LogP contribution in [0.25, 0.3) is 10.9 Å². The number of fused-ring (bicyclic) bond motifs is 1. The zero-order valence-electron chi connectivity index (χ0n) is 18.6. The largest absolute Gasteiger partial charge is 0.352 e. The molecule has 1 aromatic heterocycles. The van der Waals surface area contributed by atoms with Crippen molar-refractivity contribution in [3.63, 3.8) is 0 Å². The molecular formula is C26H24N4O3S. The van der Waals surface area contributed by atoms with Crippen LogP contribution in [0, 0.1) is 11.7 Å². The zero-order valence-corrected chi connectivity index (χ0v) is 19.4. The molecule has 0 aliphatic carbocycles. The van der Waals surface area contributed by atoms with Gasteiger partial charge in [-0.2, -0.15) is 0 Å². The molecule has 3 aromatic carbocycles. The molecule has 0 aliphatic rings. The Labute approximate surface area is 201 Å². The molecule has 1 heterocycles. The summed E-state index contributed by atoms with van der Waals surface area (Å²) in [7, 11) is 0. The lowest BCUT2D eigenvalue weighted by atomic mass is 10.1. The quantitative estimate of drug-likeness (QED) is 0.349. The number of aromatic nitrogens is 2. The molecule has 3 N–H and O–H groups in total. The summed E-state index contributed by atoms with van der Waals surface area (Å²) in [6.07, 6.45) is 0.111. The van der Waals surface area contributed by atoms with Crippen molar-refractivity contribution in [3.8, 4) is 0 Å². The standard InChI is InChI=1S/C26H24N4O3S/c1-17-9-11-19(12-10-17)24(32)28-20-6-4-5-18(15-20)16-27-23(31)13-14-30-25(33)21-7-2-3-8-22(21)29-26(30)34/h2-12,15H,13-14,16H2,1H3,(H,27,31)(H,28,32)(H,29,34). The minimum Gasteiger partial charge on any atom is -0.352 e. The maximum atomic E-state index is 12.7. The van der Waals surface area contributed by atoms with Crippen molar-refractivity contribution in [1.82, 2.24) is 14.9 Å². The highest BCUT2D eigenvalue weighted by molar-refractivity contribution is 7.71. The Morgan fingerprint density at radius 3 is 2.56 bits per heavy atom. The van der Waals surface area contributed by atoms with Gasteiger partial charge in [0.25, 0.3) is 11.5 Å². The predicted octanol–water partition coefficient (Wildman–Crippen LogP) is 4.33. The number of para-hydroxylation sites is 1. The van der Waals surface area contributed by atoms with Crippen molar-refractivity contribution >= 4 is 40.6 Å². The normalized spacial score (nSPS) is 10.7. The number of anilines is 1. The fourth-order valence-corrected chi connectivity index (χ4v) is 3.86. The number of aryl methyl sites for hydroxylation is 1. The first-order chi connectivity index (χ1) is 16.4. The van der Waals surface area contributed by atoms with Gasteiger partial charge in [0.1, 0.15) is 0 Å². The first kappa shape index (κ1) is 23.1. The second-order valence-electron chi connectivity index (χ2n) is 7.98. The lowest BCUT2D eigenvalue weighted by Gasteiger charge is -2.10. The van der Waals surface area contributed by atoms with Gasteiger partial charge in [0, 0.05) is 30.8 Å². The lowest BCUT2D eigenvalue weighted by Crippen LogP contribution is -2.28. The van der Waals surface area contributed by atoms with Crippen LogP contribution in [0.2, 0.25) is 0 Å². The Balaban J connectivity index is 1.34. The van der Waals surface area contributed by atoms with E-state index < -0.39 is 0 Å². The number of amides is 2. The molecule has 0 spiro atoms. The Kier molecular flexibility index (Phi) is 6.98. The maximum absolute atomic E-state index is 12.7. The second-order valence-corrected chi connectivity index (χ2v) is 8.37. The fraction of sp³-hybridized carbons (Fsp3) is 0.154. The molecule has 0 saturated heterocycles. The number of rotatable bonds is 7. The molecule has 34 heavy (non-hydrogen) atoms. The average molecular weight is 473 g/mol. The molecule has 0 atom stereocenters. The van der Waals surface area contributed by atoms with E-state index in [0.717, 1.165) is 11.1 Å². The van der Waals surface area contributed by atoms with Gasteiger partial charge in [-0.1, -0.05) is 42.0 Å². The SMILES string of the molecule is Cc1ccc(C(=O)Nc2cccc(CNC(=O)CCn3c(=S)[nH]c4ccccc4c3=O)c2)cc1. The van der Waals surface area contributed by atoms with Crippen LogP contribution in [0.15, 0.2) is 77.6 Å². The summed E-state index contributed by atoms with van der Waals surface area (Å²) in [6, 6.07) is 21.8. The first-order valence-electron chi connectivity index (χ1n) is 10.9. The van der Waals surface area contributed by atoms with Crippen molar-refractivity contribution in [3.05, 3.63) is 105 Å². The number of carbonyl (C=O) groups is 2. The van der Waals surface area contributed by atoms with Gasteiger partial charge in [-0.25, -0.2) is 0 Å². The Bertz CT molecular complexity index is 1470. The van der Waals surface area contributed by atoms with E-state index in [0.29, 0.717) is 28.7 Å². The smallest absolute Gasteiger partial charge is 0.262 e. The van der Waals surface area contributed by atoms with Crippen LogP contribution < -0.4 is 16.2 Å². The minimum atomic E-state index is -0.218. The molecule has 2 amide bonds. The second kappa shape index (κ2) is 10.3. The van der Waals surface area contributed by atoms with E-state index in [2.05, 4.69) is 15.6 Å². The van der Waals surface area contributed by atoms with E-state index in [1.54, 1.807) is 36.4 Å². The molecule has 8 heteroatoms. The van der Waals surface area contributed by atoms with Gasteiger partial charge >= 0.3 is 0 Å². The third kappa shape index (κ3) is 5.47. The van der Waals surface area contributed by atoms with Gasteiger partial charge < -0.3 is 15.6 Å². The van der Waals surface area contributed by atoms with Gasteiger partial charge in [0.15, 0.2) is 4.77 Å². The van der Waals surface area contributed by atoms with E-state index >= 15 is 0 Å². The number of hydrogen-bond acceptors (Lipinski definition) is 4. The molecule has 0 unspecified atom stereocenters. The van der Waals surface area contributed by atoms with Gasteiger partial charge in [-0.3, -0.25) is 19.0 Å². The fourth-order valence-electron chi connectivity index (χ4n) is 3.57. The molecule has 172 valence electrons. The molecule has 4 aromatic rings. The lowest BCUT2D eigenvalue weighted by molar-refractivity contribution is -0.121. The van der Waals surface area contributed by atoms with Crippen LogP contribution in [-0.4, -0.2) is 21.4 Å². The monoisotopic (exact) mass is 472 g/mol. The molecular weight excluding hydrogens is 448 g/mol. The van der Waals surface area contributed by atoms with E-state index in [1.807, 2.05) is 43.3 Å². The van der Waals surface area contributed by atoms with Gasteiger partial charge in [-0.15, -0.1) is 0 Å². The maximum Gasteiger partial charge on any atom is 0.262 e. The summed E-state index contributed by atoms with van der Waals surface area (Å²) >= 11 is 5.29. The number of hydrogen-bond donors (Lipinski definition) is 3. The Morgan fingerprint density at radius 1 is 1.00 bits per heavy atom. The van der Waals surface area contributed by atoms with E-state index in [9.17, 15) is 14.4 Å². The van der Waals surface area contributed by atoms with Crippen molar-refractivity contribution in [2.75, 3.05) is 5.32 Å². The number of nitrogens with one attached hydrogen (secondary N) is 3. The Hall–Kier alpha value is -4.04. The number of H-pyrrole nitrogens is 1. The van der Waals surface area contributed by atoms with Crippen molar-refractivity contribution in [2.24, 2.45) is 0 Å². The highest BCUT2D eigenvalue weighted by Gasteiger charge is 2.09. The molecule has 0 aliphatic heterocycles. The summed E-state index contributed by atoms with van der Waals surface area (Å²) in [5.74, 6) is -0.401. The van der Waals surface area contributed by atoms with Crippen molar-refractivity contribution in [1.29, 1.82) is 0 Å². The van der Waals surface area contributed by atoms with Crippen LogP contribution in [0.4, 0.5) is 5.69 Å². The number of benzene rings is 3. The summed E-state index contributed by atoms with van der Waals surface area (Å²) in [5.41, 5.74) is 3.60. The molecule has 4 rings (SSSR count). The number of carbonyl (C=O) groups excluding carboxylic acids is 2. The molecule has 0 fully saturated rings. The summed E-state index contributed by atoms with van der Waals surface area (Å²) < 4.78 is 1.69. The average Bonchev–Trinajstić information content (AvgIpc) is 2.83. The molecule has 7 nitrogen and oxygen atoms in total. The predicted molar refractivity (Wildman–Crippen MR) is 135 cm³/mol. The van der Waals surface area contributed by atoms with Gasteiger partial charge in [0.05, 0.1) is 10.9 Å². The van der Waals surface area contributed by atoms with Gasteiger partial charge in [0.2, 0.25) is 5.91 Å². The van der Waals surface area contributed by atoms with E-state index in [-0.39, 0.29) is 35.1 Å². The highest BCUT2D eigenvalue weighted by atomic mass is 32.1. The van der Waals surface area contributed by atoms with Crippen LogP contribution in [0.1, 0.15) is 27.9 Å². The van der Waals surface area contributed by atoms with Crippen molar-refractivity contribution in [2.45, 2.75) is 26.4 Å². The third-order valence-electron chi connectivity index (χ3n) is 5.44. The zero-order chi connectivity index (χ0) is 24.1. The van der Waals surface area contributed by atoms with E-state index in [1.165, 1.54) is 4.57 Å². The summed E-state index contributed by atoms with van der Waals surface area (Å²) in [6.45, 7) is 2.44.